The molecule has 0 spiro atoms. The van der Waals surface area contributed by atoms with Gasteiger partial charge in [-0.2, -0.15) is 0 Å². The fourth-order valence-corrected chi connectivity index (χ4v) is 5.02. The van der Waals surface area contributed by atoms with E-state index in [9.17, 15) is 9.59 Å². The van der Waals surface area contributed by atoms with Crippen LogP contribution in [0.4, 0.5) is 0 Å². The van der Waals surface area contributed by atoms with Crippen molar-refractivity contribution in [3.8, 4) is 0 Å². The summed E-state index contributed by atoms with van der Waals surface area (Å²) in [4.78, 5) is 34.5. The summed E-state index contributed by atoms with van der Waals surface area (Å²) < 4.78 is 0.867. The largest absolute Gasteiger partial charge is 0.361 e. The monoisotopic (exact) mass is 455 g/mol. The summed E-state index contributed by atoms with van der Waals surface area (Å²) in [5, 5.41) is 0.954. The van der Waals surface area contributed by atoms with Crippen LogP contribution in [0.1, 0.15) is 58.4 Å². The minimum Gasteiger partial charge on any atom is -0.361 e. The Kier molecular flexibility index (Phi) is 5.38. The van der Waals surface area contributed by atoms with E-state index in [0.29, 0.717) is 17.7 Å². The van der Waals surface area contributed by atoms with E-state index in [4.69, 9.17) is 0 Å². The Morgan fingerprint density at radius 2 is 1.86 bits per heavy atom. The second-order valence-electron chi connectivity index (χ2n) is 8.16. The summed E-state index contributed by atoms with van der Waals surface area (Å²) in [5.41, 5.74) is 5.01. The minimum atomic E-state index is -0.101. The van der Waals surface area contributed by atoms with E-state index in [2.05, 4.69) is 25.9 Å². The fraction of sp³-hybridized carbons (Fsp3) is 0.391. The third-order valence-electron chi connectivity index (χ3n) is 6.02. The lowest BCUT2D eigenvalue weighted by atomic mass is 10.0. The van der Waals surface area contributed by atoms with Crippen molar-refractivity contribution in [1.82, 2.24) is 14.9 Å². The standard InChI is InChI=1S/C23H26BrN3O2/c1-13-8-15(3)26-22(28)19(13)12-27(17-6-4-5-7-17)23(29)18-9-16(24)10-20-21(18)14(2)11-25-20/h8-11,17,25H,4-7,12H2,1-3H3,(H,26,28). The number of carbonyl (C=O) groups excluding carboxylic acids is 1. The van der Waals surface area contributed by atoms with Gasteiger partial charge in [0.25, 0.3) is 11.5 Å². The Morgan fingerprint density at radius 3 is 2.55 bits per heavy atom. The fourth-order valence-electron chi connectivity index (χ4n) is 4.56. The van der Waals surface area contributed by atoms with Crippen molar-refractivity contribution in [2.24, 2.45) is 0 Å². The molecule has 3 aromatic rings. The summed E-state index contributed by atoms with van der Waals surface area (Å²) in [5.74, 6) is -0.00900. The number of halogens is 1. The number of amides is 1. The predicted octanol–water partition coefficient (Wildman–Crippen LogP) is 5.13. The van der Waals surface area contributed by atoms with Gasteiger partial charge in [-0.05, 0) is 62.9 Å². The van der Waals surface area contributed by atoms with Gasteiger partial charge in [0.1, 0.15) is 0 Å². The smallest absolute Gasteiger partial charge is 0.255 e. The molecule has 0 unspecified atom stereocenters. The molecule has 0 atom stereocenters. The summed E-state index contributed by atoms with van der Waals surface area (Å²) in [6, 6.07) is 6.03. The third kappa shape index (κ3) is 3.78. The molecule has 152 valence electrons. The summed E-state index contributed by atoms with van der Waals surface area (Å²) in [7, 11) is 0. The predicted molar refractivity (Wildman–Crippen MR) is 119 cm³/mol. The molecular weight excluding hydrogens is 430 g/mol. The van der Waals surface area contributed by atoms with Gasteiger partial charge in [-0.25, -0.2) is 0 Å². The first-order chi connectivity index (χ1) is 13.8. The average Bonchev–Trinajstić information content (AvgIpc) is 3.30. The highest BCUT2D eigenvalue weighted by atomic mass is 79.9. The molecule has 0 aliphatic heterocycles. The summed E-state index contributed by atoms with van der Waals surface area (Å²) in [6.07, 6.45) is 6.14. The molecule has 29 heavy (non-hydrogen) atoms. The number of nitrogens with one attached hydrogen (secondary N) is 2. The van der Waals surface area contributed by atoms with Gasteiger partial charge in [0.15, 0.2) is 0 Å². The van der Waals surface area contributed by atoms with E-state index in [-0.39, 0.29) is 17.5 Å². The zero-order valence-corrected chi connectivity index (χ0v) is 18.6. The van der Waals surface area contributed by atoms with Crippen LogP contribution in [0.2, 0.25) is 0 Å². The van der Waals surface area contributed by atoms with Crippen molar-refractivity contribution in [2.45, 2.75) is 59.0 Å². The molecule has 1 amide bonds. The average molecular weight is 456 g/mol. The van der Waals surface area contributed by atoms with Gasteiger partial charge in [-0.1, -0.05) is 28.8 Å². The quantitative estimate of drug-likeness (QED) is 0.572. The number of carbonyl (C=O) groups is 1. The molecular formula is C23H26BrN3O2. The third-order valence-corrected chi connectivity index (χ3v) is 6.48. The topological polar surface area (TPSA) is 69.0 Å². The number of aromatic nitrogens is 2. The maximum atomic E-state index is 13.8. The van der Waals surface area contributed by atoms with Gasteiger partial charge in [0, 0.05) is 38.9 Å². The number of rotatable bonds is 4. The van der Waals surface area contributed by atoms with Crippen molar-refractivity contribution < 1.29 is 4.79 Å². The zero-order valence-electron chi connectivity index (χ0n) is 17.1. The van der Waals surface area contributed by atoms with Gasteiger partial charge < -0.3 is 14.9 Å². The molecule has 1 aliphatic carbocycles. The van der Waals surface area contributed by atoms with E-state index < -0.39 is 0 Å². The van der Waals surface area contributed by atoms with Crippen molar-refractivity contribution in [3.63, 3.8) is 0 Å². The first-order valence-electron chi connectivity index (χ1n) is 10.1. The van der Waals surface area contributed by atoms with Gasteiger partial charge in [-0.15, -0.1) is 0 Å². The van der Waals surface area contributed by atoms with Crippen LogP contribution < -0.4 is 5.56 Å². The number of nitrogens with zero attached hydrogens (tertiary/aromatic N) is 1. The van der Waals surface area contributed by atoms with E-state index in [1.54, 1.807) is 0 Å². The van der Waals surface area contributed by atoms with Gasteiger partial charge in [0.05, 0.1) is 12.1 Å². The molecule has 0 bridgehead atoms. The Hall–Kier alpha value is -2.34. The van der Waals surface area contributed by atoms with Crippen LogP contribution in [0.3, 0.4) is 0 Å². The maximum absolute atomic E-state index is 13.8. The highest BCUT2D eigenvalue weighted by Crippen LogP contribution is 2.31. The Bertz CT molecular complexity index is 1140. The Balaban J connectivity index is 1.80. The molecule has 6 heteroatoms. The lowest BCUT2D eigenvalue weighted by Gasteiger charge is -2.30. The molecule has 1 saturated carbocycles. The van der Waals surface area contributed by atoms with Crippen LogP contribution in [0.5, 0.6) is 0 Å². The summed E-state index contributed by atoms with van der Waals surface area (Å²) >= 11 is 3.55. The van der Waals surface area contributed by atoms with Crippen molar-refractivity contribution >= 4 is 32.7 Å². The first-order valence-corrected chi connectivity index (χ1v) is 10.9. The van der Waals surface area contributed by atoms with Gasteiger partial charge in [0.2, 0.25) is 0 Å². The molecule has 1 aliphatic rings. The lowest BCUT2D eigenvalue weighted by molar-refractivity contribution is 0.0665. The van der Waals surface area contributed by atoms with Gasteiger partial charge in [-0.3, -0.25) is 9.59 Å². The maximum Gasteiger partial charge on any atom is 0.255 e. The van der Waals surface area contributed by atoms with E-state index in [1.807, 2.05) is 50.1 Å². The van der Waals surface area contributed by atoms with Crippen LogP contribution >= 0.6 is 15.9 Å². The highest BCUT2D eigenvalue weighted by molar-refractivity contribution is 9.10. The normalized spacial score (nSPS) is 14.6. The Morgan fingerprint density at radius 1 is 1.14 bits per heavy atom. The molecule has 2 aromatic heterocycles. The van der Waals surface area contributed by atoms with Crippen LogP contribution in [0, 0.1) is 20.8 Å². The number of pyridine rings is 1. The van der Waals surface area contributed by atoms with E-state index >= 15 is 0 Å². The van der Waals surface area contributed by atoms with E-state index in [0.717, 1.165) is 57.9 Å². The zero-order chi connectivity index (χ0) is 20.7. The number of hydrogen-bond acceptors (Lipinski definition) is 2. The number of hydrogen-bond donors (Lipinski definition) is 2. The van der Waals surface area contributed by atoms with Crippen LogP contribution in [-0.4, -0.2) is 26.8 Å². The first kappa shape index (κ1) is 20.0. The number of H-pyrrole nitrogens is 2. The molecule has 1 aromatic carbocycles. The number of aromatic amines is 2. The molecule has 0 saturated heterocycles. The Labute approximate surface area is 178 Å². The number of aryl methyl sites for hydroxylation is 3. The second-order valence-corrected chi connectivity index (χ2v) is 9.08. The molecule has 1 fully saturated rings. The van der Waals surface area contributed by atoms with Crippen molar-refractivity contribution in [3.05, 3.63) is 67.2 Å². The highest BCUT2D eigenvalue weighted by Gasteiger charge is 2.30. The number of fused-ring (bicyclic) bond motifs is 1. The van der Waals surface area contributed by atoms with E-state index in [1.165, 1.54) is 0 Å². The number of benzene rings is 1. The minimum absolute atomic E-state index is 0.00900. The SMILES string of the molecule is Cc1cc(C)c(CN(C(=O)c2cc(Br)cc3[nH]cc(C)c23)C2CCCC2)c(=O)[nH]1. The second kappa shape index (κ2) is 7.82. The molecule has 0 radical (unpaired) electrons. The molecule has 2 heterocycles. The summed E-state index contributed by atoms with van der Waals surface area (Å²) in [6.45, 7) is 6.17. The van der Waals surface area contributed by atoms with Crippen molar-refractivity contribution in [2.75, 3.05) is 0 Å². The lowest BCUT2D eigenvalue weighted by Crippen LogP contribution is -2.40. The molecule has 2 N–H and O–H groups in total. The molecule has 4 rings (SSSR count). The van der Waals surface area contributed by atoms with Crippen LogP contribution in [0.25, 0.3) is 10.9 Å². The van der Waals surface area contributed by atoms with Crippen LogP contribution in [0.15, 0.2) is 33.7 Å². The van der Waals surface area contributed by atoms with Crippen molar-refractivity contribution in [1.29, 1.82) is 0 Å². The molecule has 5 nitrogen and oxygen atoms in total. The van der Waals surface area contributed by atoms with Crippen LogP contribution in [-0.2, 0) is 6.54 Å². The van der Waals surface area contributed by atoms with Gasteiger partial charge >= 0.3 is 0 Å².